The van der Waals surface area contributed by atoms with E-state index in [1.807, 2.05) is 0 Å². The number of imidazole rings is 1. The molecule has 0 aliphatic carbocycles. The first-order valence-electron chi connectivity index (χ1n) is 4.32. The SMILES string of the molecule is CNc1nc(NC)n(NC)c1C(C)=O. The molecule has 0 bridgehead atoms. The molecule has 1 heterocycles. The molecule has 0 aromatic carbocycles. The molecule has 3 N–H and O–H groups in total. The lowest BCUT2D eigenvalue weighted by atomic mass is 10.3. The van der Waals surface area contributed by atoms with Crippen LogP contribution in [-0.2, 0) is 0 Å². The second-order valence-electron chi connectivity index (χ2n) is 2.75. The Labute approximate surface area is 82.7 Å². The number of nitrogens with zero attached hydrogens (tertiary/aromatic N) is 2. The largest absolute Gasteiger partial charge is 0.371 e. The smallest absolute Gasteiger partial charge is 0.224 e. The third-order valence-electron chi connectivity index (χ3n) is 1.89. The number of ketones is 1. The van der Waals surface area contributed by atoms with E-state index >= 15 is 0 Å². The van der Waals surface area contributed by atoms with Gasteiger partial charge in [-0.05, 0) is 0 Å². The van der Waals surface area contributed by atoms with Crippen molar-refractivity contribution in [3.8, 4) is 0 Å². The minimum atomic E-state index is -0.0438. The maximum atomic E-state index is 11.4. The first kappa shape index (κ1) is 10.4. The number of hydrogen-bond donors (Lipinski definition) is 3. The fourth-order valence-electron chi connectivity index (χ4n) is 1.30. The summed E-state index contributed by atoms with van der Waals surface area (Å²) in [5, 5.41) is 5.77. The van der Waals surface area contributed by atoms with Crippen LogP contribution in [0.4, 0.5) is 11.8 Å². The van der Waals surface area contributed by atoms with E-state index in [1.165, 1.54) is 6.92 Å². The molecule has 0 radical (unpaired) electrons. The molecule has 0 amide bonds. The standard InChI is InChI=1S/C8H15N5O/c1-5(14)6-7(9-2)12-8(10-3)13(6)11-4/h9,11H,1-4H3,(H,10,12). The van der Waals surface area contributed by atoms with E-state index in [-0.39, 0.29) is 5.78 Å². The molecule has 1 rings (SSSR count). The summed E-state index contributed by atoms with van der Waals surface area (Å²) >= 11 is 0. The second-order valence-corrected chi connectivity index (χ2v) is 2.75. The van der Waals surface area contributed by atoms with Crippen LogP contribution < -0.4 is 16.1 Å². The molecule has 0 spiro atoms. The van der Waals surface area contributed by atoms with Gasteiger partial charge in [0.2, 0.25) is 5.95 Å². The van der Waals surface area contributed by atoms with Gasteiger partial charge in [0.15, 0.2) is 17.3 Å². The normalized spacial score (nSPS) is 9.71. The van der Waals surface area contributed by atoms with Gasteiger partial charge in [-0.1, -0.05) is 0 Å². The highest BCUT2D eigenvalue weighted by Crippen LogP contribution is 2.18. The van der Waals surface area contributed by atoms with E-state index in [0.717, 1.165) is 0 Å². The maximum absolute atomic E-state index is 11.4. The lowest BCUT2D eigenvalue weighted by Crippen LogP contribution is -2.17. The van der Waals surface area contributed by atoms with Gasteiger partial charge in [0, 0.05) is 28.1 Å². The van der Waals surface area contributed by atoms with Crippen LogP contribution in [0.5, 0.6) is 0 Å². The third-order valence-corrected chi connectivity index (χ3v) is 1.89. The Morgan fingerprint density at radius 3 is 2.29 bits per heavy atom. The van der Waals surface area contributed by atoms with Crippen molar-refractivity contribution in [3.05, 3.63) is 5.69 Å². The molecular weight excluding hydrogens is 182 g/mol. The van der Waals surface area contributed by atoms with Crippen LogP contribution >= 0.6 is 0 Å². The van der Waals surface area contributed by atoms with Gasteiger partial charge >= 0.3 is 0 Å². The lowest BCUT2D eigenvalue weighted by Gasteiger charge is -2.08. The molecule has 6 nitrogen and oxygen atoms in total. The lowest BCUT2D eigenvalue weighted by molar-refractivity contribution is 0.101. The van der Waals surface area contributed by atoms with Gasteiger partial charge in [-0.15, -0.1) is 0 Å². The first-order chi connectivity index (χ1) is 6.65. The zero-order chi connectivity index (χ0) is 10.7. The van der Waals surface area contributed by atoms with Crippen molar-refractivity contribution in [1.29, 1.82) is 0 Å². The molecule has 6 heteroatoms. The highest BCUT2D eigenvalue weighted by Gasteiger charge is 2.18. The molecule has 0 saturated heterocycles. The summed E-state index contributed by atoms with van der Waals surface area (Å²) in [6.07, 6.45) is 0. The molecule has 0 fully saturated rings. The van der Waals surface area contributed by atoms with Crippen LogP contribution in [0.15, 0.2) is 0 Å². The number of carbonyl (C=O) groups is 1. The Bertz CT molecular complexity index is 344. The van der Waals surface area contributed by atoms with Gasteiger partial charge in [-0.3, -0.25) is 4.79 Å². The fraction of sp³-hybridized carbons (Fsp3) is 0.500. The minimum absolute atomic E-state index is 0.0438. The Hall–Kier alpha value is -1.72. The quantitative estimate of drug-likeness (QED) is 0.607. The Balaban J connectivity index is 3.33. The summed E-state index contributed by atoms with van der Waals surface area (Å²) in [4.78, 5) is 15.6. The Kier molecular flexibility index (Phi) is 2.95. The Morgan fingerprint density at radius 1 is 1.29 bits per heavy atom. The van der Waals surface area contributed by atoms with E-state index in [4.69, 9.17) is 0 Å². The average Bonchev–Trinajstić information content (AvgIpc) is 2.54. The molecule has 78 valence electrons. The number of hydrogen-bond acceptors (Lipinski definition) is 5. The number of aromatic nitrogens is 2. The monoisotopic (exact) mass is 197 g/mol. The fourth-order valence-corrected chi connectivity index (χ4v) is 1.30. The molecule has 0 aliphatic heterocycles. The highest BCUT2D eigenvalue weighted by atomic mass is 16.1. The average molecular weight is 197 g/mol. The number of nitrogens with one attached hydrogen (secondary N) is 3. The van der Waals surface area contributed by atoms with Crippen molar-refractivity contribution in [3.63, 3.8) is 0 Å². The summed E-state index contributed by atoms with van der Waals surface area (Å²) in [5.41, 5.74) is 3.40. The molecule has 1 aromatic heterocycles. The highest BCUT2D eigenvalue weighted by molar-refractivity contribution is 5.98. The predicted molar refractivity (Wildman–Crippen MR) is 56.6 cm³/mol. The van der Waals surface area contributed by atoms with Crippen molar-refractivity contribution in [2.75, 3.05) is 37.2 Å². The van der Waals surface area contributed by atoms with Crippen LogP contribution in [0, 0.1) is 0 Å². The number of anilines is 2. The zero-order valence-electron chi connectivity index (χ0n) is 8.80. The Morgan fingerprint density at radius 2 is 1.93 bits per heavy atom. The summed E-state index contributed by atoms with van der Waals surface area (Å²) in [6, 6.07) is 0. The molecule has 0 saturated carbocycles. The first-order valence-corrected chi connectivity index (χ1v) is 4.32. The predicted octanol–water partition coefficient (Wildman–Crippen LogP) is 0.342. The van der Waals surface area contributed by atoms with E-state index in [2.05, 4.69) is 21.0 Å². The van der Waals surface area contributed by atoms with Gasteiger partial charge in [0.1, 0.15) is 0 Å². The number of Topliss-reactive ketones (excluding diaryl/α,β-unsaturated/α-hetero) is 1. The van der Waals surface area contributed by atoms with Gasteiger partial charge in [-0.25, -0.2) is 4.68 Å². The molecule has 0 aliphatic rings. The summed E-state index contributed by atoms with van der Waals surface area (Å²) in [6.45, 7) is 1.51. The zero-order valence-corrected chi connectivity index (χ0v) is 8.80. The minimum Gasteiger partial charge on any atom is -0.371 e. The van der Waals surface area contributed by atoms with Gasteiger partial charge in [0.05, 0.1) is 0 Å². The van der Waals surface area contributed by atoms with Crippen molar-refractivity contribution in [2.45, 2.75) is 6.92 Å². The van der Waals surface area contributed by atoms with Gasteiger partial charge in [0.25, 0.3) is 0 Å². The molecule has 1 aromatic rings. The molecular formula is C8H15N5O. The third kappa shape index (κ3) is 1.50. The molecule has 0 atom stereocenters. The maximum Gasteiger partial charge on any atom is 0.224 e. The number of rotatable bonds is 4. The number of carbonyl (C=O) groups excluding carboxylic acids is 1. The van der Waals surface area contributed by atoms with Crippen molar-refractivity contribution >= 4 is 17.5 Å². The van der Waals surface area contributed by atoms with E-state index in [1.54, 1.807) is 25.8 Å². The van der Waals surface area contributed by atoms with Crippen LogP contribution in [0.2, 0.25) is 0 Å². The topological polar surface area (TPSA) is 71.0 Å². The van der Waals surface area contributed by atoms with E-state index in [0.29, 0.717) is 17.5 Å². The van der Waals surface area contributed by atoms with Crippen molar-refractivity contribution in [1.82, 2.24) is 9.66 Å². The van der Waals surface area contributed by atoms with Crippen molar-refractivity contribution in [2.24, 2.45) is 0 Å². The van der Waals surface area contributed by atoms with Crippen LogP contribution in [0.3, 0.4) is 0 Å². The van der Waals surface area contributed by atoms with Crippen LogP contribution in [-0.4, -0.2) is 36.6 Å². The molecule has 14 heavy (non-hydrogen) atoms. The van der Waals surface area contributed by atoms with Crippen LogP contribution in [0.1, 0.15) is 17.4 Å². The summed E-state index contributed by atoms with van der Waals surface area (Å²) < 4.78 is 1.61. The van der Waals surface area contributed by atoms with Crippen molar-refractivity contribution < 1.29 is 4.79 Å². The second kappa shape index (κ2) is 3.99. The summed E-state index contributed by atoms with van der Waals surface area (Å²) in [7, 11) is 5.21. The van der Waals surface area contributed by atoms with Gasteiger partial charge in [-0.2, -0.15) is 4.98 Å². The van der Waals surface area contributed by atoms with E-state index in [9.17, 15) is 4.79 Å². The van der Waals surface area contributed by atoms with E-state index < -0.39 is 0 Å². The summed E-state index contributed by atoms with van der Waals surface area (Å²) in [5.74, 6) is 1.12. The van der Waals surface area contributed by atoms with Gasteiger partial charge < -0.3 is 16.1 Å². The molecule has 0 unspecified atom stereocenters. The van der Waals surface area contributed by atoms with Crippen LogP contribution in [0.25, 0.3) is 0 Å².